The summed E-state index contributed by atoms with van der Waals surface area (Å²) in [6, 6.07) is 4.71. The van der Waals surface area contributed by atoms with E-state index in [-0.39, 0.29) is 22.9 Å². The van der Waals surface area contributed by atoms with Crippen molar-refractivity contribution in [2.45, 2.75) is 78.8 Å². The second kappa shape index (κ2) is 14.6. The van der Waals surface area contributed by atoms with Crippen LogP contribution in [0.5, 0.6) is 11.5 Å². The SMILES string of the molecule is CCSNC1CCC(CNC[C@]2(C)CCN(c3ncncc3Oc3ccc(F)cc3C(=O)N(CC)C(C)C)C2)CC1. The summed E-state index contributed by atoms with van der Waals surface area (Å²) in [7, 11) is 0. The van der Waals surface area contributed by atoms with E-state index in [0.717, 1.165) is 44.3 Å². The Hall–Kier alpha value is -2.43. The second-order valence-electron chi connectivity index (χ2n) is 12.0. The fourth-order valence-electron chi connectivity index (χ4n) is 6.01. The predicted octanol–water partition coefficient (Wildman–Crippen LogP) is 5.90. The van der Waals surface area contributed by atoms with E-state index in [1.807, 2.05) is 32.7 Å². The summed E-state index contributed by atoms with van der Waals surface area (Å²) >= 11 is 1.83. The Balaban J connectivity index is 1.38. The zero-order valence-electron chi connectivity index (χ0n) is 25.3. The third-order valence-corrected chi connectivity index (χ3v) is 9.15. The number of halogens is 1. The van der Waals surface area contributed by atoms with E-state index in [9.17, 15) is 9.18 Å². The molecule has 2 aliphatic rings. The van der Waals surface area contributed by atoms with Gasteiger partial charge in [0.2, 0.25) is 0 Å². The lowest BCUT2D eigenvalue weighted by atomic mass is 9.85. The van der Waals surface area contributed by atoms with Crippen LogP contribution in [0.2, 0.25) is 0 Å². The summed E-state index contributed by atoms with van der Waals surface area (Å²) in [5.41, 5.74) is 0.300. The van der Waals surface area contributed by atoms with Gasteiger partial charge in [0.05, 0.1) is 11.8 Å². The van der Waals surface area contributed by atoms with Crippen molar-refractivity contribution in [3.63, 3.8) is 0 Å². The summed E-state index contributed by atoms with van der Waals surface area (Å²) in [6.07, 6.45) is 9.26. The number of amides is 1. The van der Waals surface area contributed by atoms with E-state index in [2.05, 4.69) is 38.8 Å². The van der Waals surface area contributed by atoms with E-state index in [4.69, 9.17) is 4.74 Å². The highest BCUT2D eigenvalue weighted by Crippen LogP contribution is 2.38. The van der Waals surface area contributed by atoms with Crippen LogP contribution in [0, 0.1) is 17.2 Å². The van der Waals surface area contributed by atoms with E-state index in [0.29, 0.717) is 29.9 Å². The number of nitrogens with one attached hydrogen (secondary N) is 2. The van der Waals surface area contributed by atoms with E-state index in [1.165, 1.54) is 50.2 Å². The first kappa shape index (κ1) is 31.5. The fourth-order valence-corrected chi connectivity index (χ4v) is 6.65. The largest absolute Gasteiger partial charge is 0.451 e. The molecule has 0 bridgehead atoms. The lowest BCUT2D eigenvalue weighted by Gasteiger charge is -2.31. The normalized spacial score (nSPS) is 22.8. The molecule has 2 fully saturated rings. The minimum absolute atomic E-state index is 0.0212. The highest BCUT2D eigenvalue weighted by molar-refractivity contribution is 7.97. The molecule has 0 spiro atoms. The molecule has 8 nitrogen and oxygen atoms in total. The van der Waals surface area contributed by atoms with Gasteiger partial charge in [-0.05, 0) is 89.0 Å². The van der Waals surface area contributed by atoms with Crippen LogP contribution in [0.1, 0.15) is 77.1 Å². The number of anilines is 1. The van der Waals surface area contributed by atoms with Crippen molar-refractivity contribution in [2.24, 2.45) is 11.3 Å². The van der Waals surface area contributed by atoms with Crippen LogP contribution in [-0.4, -0.2) is 71.3 Å². The van der Waals surface area contributed by atoms with E-state index >= 15 is 0 Å². The molecule has 0 radical (unpaired) electrons. The van der Waals surface area contributed by atoms with Gasteiger partial charge in [-0.1, -0.05) is 25.8 Å². The van der Waals surface area contributed by atoms with Crippen molar-refractivity contribution >= 4 is 23.7 Å². The Morgan fingerprint density at radius 2 is 2.02 bits per heavy atom. The molecule has 1 saturated carbocycles. The number of carbonyl (C=O) groups excluding carboxylic acids is 1. The van der Waals surface area contributed by atoms with Gasteiger partial charge in [-0.3, -0.25) is 9.52 Å². The molecule has 10 heteroatoms. The highest BCUT2D eigenvalue weighted by atomic mass is 32.2. The quantitative estimate of drug-likeness (QED) is 0.281. The molecule has 41 heavy (non-hydrogen) atoms. The molecular formula is C31H47FN6O2S. The van der Waals surface area contributed by atoms with Crippen molar-refractivity contribution in [2.75, 3.05) is 43.4 Å². The van der Waals surface area contributed by atoms with Gasteiger partial charge in [0.15, 0.2) is 11.6 Å². The number of ether oxygens (including phenoxy) is 1. The van der Waals surface area contributed by atoms with E-state index < -0.39 is 5.82 Å². The summed E-state index contributed by atoms with van der Waals surface area (Å²) < 4.78 is 24.1. The zero-order valence-corrected chi connectivity index (χ0v) is 26.1. The summed E-state index contributed by atoms with van der Waals surface area (Å²) in [5, 5.41) is 3.78. The summed E-state index contributed by atoms with van der Waals surface area (Å²) in [5.74, 6) is 2.57. The van der Waals surface area contributed by atoms with Gasteiger partial charge in [-0.2, -0.15) is 0 Å². The third kappa shape index (κ3) is 8.32. The molecule has 1 atom stereocenters. The lowest BCUT2D eigenvalue weighted by Crippen LogP contribution is -2.38. The van der Waals surface area contributed by atoms with Crippen LogP contribution in [0.4, 0.5) is 10.2 Å². The lowest BCUT2D eigenvalue weighted by molar-refractivity contribution is 0.0713. The Morgan fingerprint density at radius 3 is 2.73 bits per heavy atom. The number of hydrogen-bond donors (Lipinski definition) is 2. The smallest absolute Gasteiger partial charge is 0.257 e. The molecule has 226 valence electrons. The van der Waals surface area contributed by atoms with Crippen LogP contribution in [-0.2, 0) is 0 Å². The summed E-state index contributed by atoms with van der Waals surface area (Å²) in [4.78, 5) is 26.0. The first-order chi connectivity index (χ1) is 19.7. The van der Waals surface area contributed by atoms with Crippen molar-refractivity contribution in [3.8, 4) is 11.5 Å². The number of hydrogen-bond acceptors (Lipinski definition) is 8. The molecule has 2 aromatic rings. The van der Waals surface area contributed by atoms with Gasteiger partial charge in [0.25, 0.3) is 5.91 Å². The van der Waals surface area contributed by atoms with Crippen LogP contribution in [0.15, 0.2) is 30.7 Å². The fraction of sp³-hybridized carbons (Fsp3) is 0.645. The predicted molar refractivity (Wildman–Crippen MR) is 165 cm³/mol. The van der Waals surface area contributed by atoms with Crippen LogP contribution in [0.3, 0.4) is 0 Å². The number of benzene rings is 1. The van der Waals surface area contributed by atoms with Gasteiger partial charge in [0, 0.05) is 44.0 Å². The minimum Gasteiger partial charge on any atom is -0.451 e. The summed E-state index contributed by atoms with van der Waals surface area (Å²) in [6.45, 7) is 14.5. The second-order valence-corrected chi connectivity index (χ2v) is 13.1. The first-order valence-electron chi connectivity index (χ1n) is 15.1. The van der Waals surface area contributed by atoms with Crippen molar-refractivity contribution in [1.82, 2.24) is 24.9 Å². The zero-order chi connectivity index (χ0) is 29.4. The highest BCUT2D eigenvalue weighted by Gasteiger charge is 2.36. The van der Waals surface area contributed by atoms with Gasteiger partial charge in [-0.15, -0.1) is 0 Å². The molecule has 1 aromatic carbocycles. The monoisotopic (exact) mass is 586 g/mol. The van der Waals surface area contributed by atoms with Crippen LogP contribution < -0.4 is 19.7 Å². The molecule has 1 saturated heterocycles. The molecule has 2 heterocycles. The van der Waals surface area contributed by atoms with Gasteiger partial charge >= 0.3 is 0 Å². The topological polar surface area (TPSA) is 82.6 Å². The maximum absolute atomic E-state index is 14.2. The number of aromatic nitrogens is 2. The van der Waals surface area contributed by atoms with Crippen LogP contribution >= 0.6 is 11.9 Å². The Kier molecular flexibility index (Phi) is 11.3. The molecule has 0 unspecified atom stereocenters. The molecule has 1 amide bonds. The minimum atomic E-state index is -0.479. The molecule has 1 aliphatic carbocycles. The Bertz CT molecular complexity index is 1150. The van der Waals surface area contributed by atoms with Gasteiger partial charge < -0.3 is 19.9 Å². The average molecular weight is 587 g/mol. The maximum atomic E-state index is 14.2. The molecule has 2 N–H and O–H groups in total. The first-order valence-corrected chi connectivity index (χ1v) is 16.1. The molecule has 1 aliphatic heterocycles. The molecule has 4 rings (SSSR count). The number of carbonyl (C=O) groups is 1. The number of rotatable bonds is 13. The molecular weight excluding hydrogens is 539 g/mol. The Labute approximate surface area is 249 Å². The van der Waals surface area contributed by atoms with E-state index in [1.54, 1.807) is 11.1 Å². The van der Waals surface area contributed by atoms with Crippen molar-refractivity contribution in [3.05, 3.63) is 42.1 Å². The third-order valence-electron chi connectivity index (χ3n) is 8.36. The molecule has 1 aromatic heterocycles. The van der Waals surface area contributed by atoms with Gasteiger partial charge in [0.1, 0.15) is 17.9 Å². The van der Waals surface area contributed by atoms with Crippen LogP contribution in [0.25, 0.3) is 0 Å². The Morgan fingerprint density at radius 1 is 1.24 bits per heavy atom. The van der Waals surface area contributed by atoms with Crippen molar-refractivity contribution in [1.29, 1.82) is 0 Å². The van der Waals surface area contributed by atoms with Gasteiger partial charge in [-0.25, -0.2) is 14.4 Å². The maximum Gasteiger partial charge on any atom is 0.257 e. The van der Waals surface area contributed by atoms with Crippen molar-refractivity contribution < 1.29 is 13.9 Å². The average Bonchev–Trinajstić information content (AvgIpc) is 3.35. The number of nitrogens with zero attached hydrogens (tertiary/aromatic N) is 4. The standard InChI is InChI=1S/C31H47FN6O2S/c1-6-38(22(3)4)30(39)26-16-24(32)10-13-27(26)40-28-18-34-21-35-29(28)37-15-14-31(5,20-37)19-33-17-23-8-11-25(12-9-23)36-41-7-2/h10,13,16,18,21-23,25,33,36H,6-9,11-12,14-15,17,19-20H2,1-5H3/t23?,25?,31-/m0/s1.